The summed E-state index contributed by atoms with van der Waals surface area (Å²) in [6, 6.07) is 6.39. The Bertz CT molecular complexity index is 703. The van der Waals surface area contributed by atoms with Crippen LogP contribution in [0.15, 0.2) is 24.3 Å². The molecular weight excluding hydrogens is 318 g/mol. The van der Waals surface area contributed by atoms with Crippen molar-refractivity contribution in [3.05, 3.63) is 29.8 Å². The predicted octanol–water partition coefficient (Wildman–Crippen LogP) is 1.75. The van der Waals surface area contributed by atoms with Gasteiger partial charge in [-0.25, -0.2) is 0 Å². The normalized spacial score (nSPS) is 22.5. The highest BCUT2D eigenvalue weighted by atomic mass is 16.2. The summed E-state index contributed by atoms with van der Waals surface area (Å²) in [6.07, 6.45) is 2.12. The van der Waals surface area contributed by atoms with Crippen molar-refractivity contribution < 1.29 is 14.4 Å². The lowest BCUT2D eigenvalue weighted by molar-refractivity contribution is -0.135. The summed E-state index contributed by atoms with van der Waals surface area (Å²) in [5, 5.41) is 0. The Morgan fingerprint density at radius 2 is 1.96 bits per heavy atom. The first-order valence-electron chi connectivity index (χ1n) is 8.85. The molecule has 6 heteroatoms. The number of piperidine rings is 1. The second kappa shape index (κ2) is 6.86. The summed E-state index contributed by atoms with van der Waals surface area (Å²) in [5.41, 5.74) is 0.982. The zero-order chi connectivity index (χ0) is 18.1. The van der Waals surface area contributed by atoms with E-state index in [0.717, 1.165) is 25.9 Å². The van der Waals surface area contributed by atoms with Crippen molar-refractivity contribution in [3.63, 3.8) is 0 Å². The summed E-state index contributed by atoms with van der Waals surface area (Å²) in [7, 11) is 1.61. The van der Waals surface area contributed by atoms with Gasteiger partial charge in [0.2, 0.25) is 11.8 Å². The summed E-state index contributed by atoms with van der Waals surface area (Å²) in [6.45, 7) is 5.33. The van der Waals surface area contributed by atoms with Crippen LogP contribution in [0.25, 0.3) is 0 Å². The third kappa shape index (κ3) is 3.25. The fourth-order valence-corrected chi connectivity index (χ4v) is 3.74. The molecule has 2 aliphatic heterocycles. The number of fused-ring (bicyclic) bond motifs is 1. The molecule has 25 heavy (non-hydrogen) atoms. The first-order valence-corrected chi connectivity index (χ1v) is 8.85. The molecule has 0 aliphatic carbocycles. The first kappa shape index (κ1) is 17.5. The number of rotatable bonds is 2. The van der Waals surface area contributed by atoms with Gasteiger partial charge in [0.15, 0.2) is 0 Å². The molecule has 0 bridgehead atoms. The number of hydrogen-bond donors (Lipinski definition) is 0. The molecule has 6 nitrogen and oxygen atoms in total. The van der Waals surface area contributed by atoms with Gasteiger partial charge in [0, 0.05) is 20.1 Å². The monoisotopic (exact) mass is 343 g/mol. The minimum atomic E-state index is -0.627. The Balaban J connectivity index is 1.94. The van der Waals surface area contributed by atoms with Gasteiger partial charge in [0.1, 0.15) is 12.6 Å². The number of benzene rings is 1. The van der Waals surface area contributed by atoms with Gasteiger partial charge < -0.3 is 9.80 Å². The maximum absolute atomic E-state index is 13.0. The minimum absolute atomic E-state index is 0.0263. The van der Waals surface area contributed by atoms with E-state index in [1.54, 1.807) is 38.2 Å². The van der Waals surface area contributed by atoms with Gasteiger partial charge in [-0.15, -0.1) is 0 Å². The van der Waals surface area contributed by atoms with Gasteiger partial charge in [-0.2, -0.15) is 0 Å². The number of nitrogens with zero attached hydrogens (tertiary/aromatic N) is 3. The van der Waals surface area contributed by atoms with Gasteiger partial charge in [0.25, 0.3) is 5.91 Å². The standard InChI is InChI=1S/C19H25N3O3/c1-13-7-6-10-21(11-13)18(24)14(2)22-16-9-5-4-8-15(16)19(25)20(3)12-17(22)23/h4-5,8-9,13-14H,6-7,10-12H2,1-3H3/t13-,14+/m1/s1. The fraction of sp³-hybridized carbons (Fsp3) is 0.526. The van der Waals surface area contributed by atoms with E-state index in [-0.39, 0.29) is 24.3 Å². The van der Waals surface area contributed by atoms with E-state index in [2.05, 4.69) is 6.92 Å². The van der Waals surface area contributed by atoms with Crippen LogP contribution < -0.4 is 4.90 Å². The highest BCUT2D eigenvalue weighted by molar-refractivity contribution is 6.11. The van der Waals surface area contributed by atoms with Crippen LogP contribution in [0.1, 0.15) is 37.0 Å². The van der Waals surface area contributed by atoms with Crippen LogP contribution in [-0.2, 0) is 9.59 Å². The van der Waals surface area contributed by atoms with Crippen molar-refractivity contribution >= 4 is 23.4 Å². The van der Waals surface area contributed by atoms with Crippen molar-refractivity contribution in [2.24, 2.45) is 5.92 Å². The SMILES string of the molecule is C[C@@H]1CCCN(C(=O)[C@H](C)N2C(=O)CN(C)C(=O)c3ccccc32)C1. The summed E-state index contributed by atoms with van der Waals surface area (Å²) < 4.78 is 0. The Kier molecular flexibility index (Phi) is 4.79. The lowest BCUT2D eigenvalue weighted by Crippen LogP contribution is -2.53. The molecule has 2 aliphatic rings. The Hall–Kier alpha value is -2.37. The third-order valence-corrected chi connectivity index (χ3v) is 5.10. The topological polar surface area (TPSA) is 60.9 Å². The molecule has 0 aromatic heterocycles. The fourth-order valence-electron chi connectivity index (χ4n) is 3.74. The quantitative estimate of drug-likeness (QED) is 0.822. The van der Waals surface area contributed by atoms with Crippen LogP contribution in [0.5, 0.6) is 0 Å². The number of hydrogen-bond acceptors (Lipinski definition) is 3. The van der Waals surface area contributed by atoms with Crippen LogP contribution in [0.2, 0.25) is 0 Å². The van der Waals surface area contributed by atoms with E-state index in [0.29, 0.717) is 17.2 Å². The molecule has 2 atom stereocenters. The number of amides is 3. The molecule has 134 valence electrons. The predicted molar refractivity (Wildman–Crippen MR) is 95.3 cm³/mol. The highest BCUT2D eigenvalue weighted by Crippen LogP contribution is 2.28. The molecule has 0 unspecified atom stereocenters. The van der Waals surface area contributed by atoms with Crippen molar-refractivity contribution in [1.82, 2.24) is 9.80 Å². The third-order valence-electron chi connectivity index (χ3n) is 5.10. The van der Waals surface area contributed by atoms with Crippen molar-refractivity contribution in [2.45, 2.75) is 32.7 Å². The molecule has 0 N–H and O–H groups in total. The number of anilines is 1. The van der Waals surface area contributed by atoms with Gasteiger partial charge in [-0.1, -0.05) is 19.1 Å². The smallest absolute Gasteiger partial charge is 0.256 e. The van der Waals surface area contributed by atoms with E-state index in [4.69, 9.17) is 0 Å². The van der Waals surface area contributed by atoms with Crippen LogP contribution in [0.4, 0.5) is 5.69 Å². The van der Waals surface area contributed by atoms with Gasteiger partial charge in [-0.05, 0) is 37.8 Å². The van der Waals surface area contributed by atoms with Gasteiger partial charge in [-0.3, -0.25) is 19.3 Å². The van der Waals surface area contributed by atoms with E-state index in [9.17, 15) is 14.4 Å². The number of carbonyl (C=O) groups is 3. The molecule has 1 fully saturated rings. The molecule has 0 radical (unpaired) electrons. The maximum atomic E-state index is 13.0. The van der Waals surface area contributed by atoms with Crippen molar-refractivity contribution in [3.8, 4) is 0 Å². The first-order chi connectivity index (χ1) is 11.9. The molecule has 1 aromatic rings. The van der Waals surface area contributed by atoms with Crippen molar-refractivity contribution in [1.29, 1.82) is 0 Å². The number of likely N-dealkylation sites (tertiary alicyclic amines) is 1. The maximum Gasteiger partial charge on any atom is 0.256 e. The van der Waals surface area contributed by atoms with E-state index >= 15 is 0 Å². The van der Waals surface area contributed by atoms with Crippen LogP contribution in [0, 0.1) is 5.92 Å². The summed E-state index contributed by atoms with van der Waals surface area (Å²) in [5.74, 6) is 0.000777. The van der Waals surface area contributed by atoms with E-state index in [1.807, 2.05) is 4.90 Å². The van der Waals surface area contributed by atoms with Gasteiger partial charge >= 0.3 is 0 Å². The van der Waals surface area contributed by atoms with Gasteiger partial charge in [0.05, 0.1) is 11.3 Å². The Morgan fingerprint density at radius 1 is 1.24 bits per heavy atom. The number of likely N-dealkylation sites (N-methyl/N-ethyl adjacent to an activating group) is 1. The summed E-state index contributed by atoms with van der Waals surface area (Å²) >= 11 is 0. The number of carbonyl (C=O) groups excluding carboxylic acids is 3. The zero-order valence-electron chi connectivity index (χ0n) is 15.1. The summed E-state index contributed by atoms with van der Waals surface area (Å²) in [4.78, 5) is 43.1. The molecule has 3 rings (SSSR count). The molecule has 1 aromatic carbocycles. The van der Waals surface area contributed by atoms with Crippen molar-refractivity contribution in [2.75, 3.05) is 31.6 Å². The average Bonchev–Trinajstić information content (AvgIpc) is 2.69. The lowest BCUT2D eigenvalue weighted by atomic mass is 9.99. The zero-order valence-corrected chi connectivity index (χ0v) is 15.1. The van der Waals surface area contributed by atoms with Crippen LogP contribution in [0.3, 0.4) is 0 Å². The minimum Gasteiger partial charge on any atom is -0.341 e. The lowest BCUT2D eigenvalue weighted by Gasteiger charge is -2.36. The molecular formula is C19H25N3O3. The molecule has 3 amide bonds. The second-order valence-corrected chi connectivity index (χ2v) is 7.15. The molecule has 1 saturated heterocycles. The highest BCUT2D eigenvalue weighted by Gasteiger charge is 2.37. The Morgan fingerprint density at radius 3 is 2.68 bits per heavy atom. The average molecular weight is 343 g/mol. The second-order valence-electron chi connectivity index (χ2n) is 7.15. The van der Waals surface area contributed by atoms with Crippen LogP contribution in [-0.4, -0.2) is 60.2 Å². The molecule has 2 heterocycles. The Labute approximate surface area is 148 Å². The molecule has 0 saturated carbocycles. The molecule has 0 spiro atoms. The number of para-hydroxylation sites is 1. The van der Waals surface area contributed by atoms with Crippen LogP contribution >= 0.6 is 0 Å². The largest absolute Gasteiger partial charge is 0.341 e. The van der Waals surface area contributed by atoms with E-state index in [1.165, 1.54) is 9.80 Å². The van der Waals surface area contributed by atoms with E-state index < -0.39 is 6.04 Å².